The SMILES string of the molecule is CCCCCCCCCCCCC(CC)OC(=O)Oc1ccccc1-c1ccccc1. The Kier molecular flexibility index (Phi) is 12.5. The predicted molar refractivity (Wildman–Crippen MR) is 130 cm³/mol. The van der Waals surface area contributed by atoms with Gasteiger partial charge in [0.2, 0.25) is 0 Å². The van der Waals surface area contributed by atoms with E-state index < -0.39 is 6.16 Å². The van der Waals surface area contributed by atoms with Crippen LogP contribution in [0.1, 0.15) is 90.9 Å². The summed E-state index contributed by atoms with van der Waals surface area (Å²) in [4.78, 5) is 12.4. The minimum absolute atomic E-state index is 0.0783. The van der Waals surface area contributed by atoms with Crippen LogP contribution in [-0.4, -0.2) is 12.3 Å². The van der Waals surface area contributed by atoms with Gasteiger partial charge in [0, 0.05) is 5.56 Å². The molecular formula is C28H40O3. The summed E-state index contributed by atoms with van der Waals surface area (Å²) in [5.41, 5.74) is 1.91. The first-order valence-electron chi connectivity index (χ1n) is 12.3. The molecule has 0 saturated carbocycles. The van der Waals surface area contributed by atoms with Crippen LogP contribution in [0.4, 0.5) is 4.79 Å². The molecule has 170 valence electrons. The minimum atomic E-state index is -0.609. The lowest BCUT2D eigenvalue weighted by Crippen LogP contribution is -2.20. The zero-order valence-corrected chi connectivity index (χ0v) is 19.5. The van der Waals surface area contributed by atoms with E-state index in [2.05, 4.69) is 13.8 Å². The third-order valence-electron chi connectivity index (χ3n) is 5.76. The molecule has 2 aromatic rings. The van der Waals surface area contributed by atoms with Gasteiger partial charge in [-0.15, -0.1) is 0 Å². The predicted octanol–water partition coefficient (Wildman–Crippen LogP) is 8.96. The molecule has 0 spiro atoms. The standard InChI is InChI=1S/C28H40O3/c1-3-5-6-7-8-9-10-11-12-16-21-25(4-2)30-28(29)31-27-23-18-17-22-26(27)24-19-14-13-15-20-24/h13-15,17-20,22-23,25H,3-12,16,21H2,1-2H3. The summed E-state index contributed by atoms with van der Waals surface area (Å²) in [6.45, 7) is 4.32. The number of carbonyl (C=O) groups is 1. The lowest BCUT2D eigenvalue weighted by Gasteiger charge is -2.17. The van der Waals surface area contributed by atoms with Gasteiger partial charge in [0.15, 0.2) is 0 Å². The Balaban J connectivity index is 1.68. The molecule has 2 aromatic carbocycles. The first-order valence-corrected chi connectivity index (χ1v) is 12.3. The van der Waals surface area contributed by atoms with E-state index in [4.69, 9.17) is 9.47 Å². The topological polar surface area (TPSA) is 35.5 Å². The van der Waals surface area contributed by atoms with Crippen LogP contribution in [0.15, 0.2) is 54.6 Å². The Hall–Kier alpha value is -2.29. The van der Waals surface area contributed by atoms with Gasteiger partial charge in [0.25, 0.3) is 0 Å². The number of ether oxygens (including phenoxy) is 2. The van der Waals surface area contributed by atoms with E-state index in [-0.39, 0.29) is 6.10 Å². The summed E-state index contributed by atoms with van der Waals surface area (Å²) < 4.78 is 11.2. The molecule has 3 heteroatoms. The molecule has 0 heterocycles. The molecule has 0 N–H and O–H groups in total. The van der Waals surface area contributed by atoms with Gasteiger partial charge >= 0.3 is 6.16 Å². The molecular weight excluding hydrogens is 384 g/mol. The molecule has 3 nitrogen and oxygen atoms in total. The quantitative estimate of drug-likeness (QED) is 0.163. The van der Waals surface area contributed by atoms with Gasteiger partial charge in [-0.25, -0.2) is 4.79 Å². The van der Waals surface area contributed by atoms with Gasteiger partial charge in [0.05, 0.1) is 0 Å². The first-order chi connectivity index (χ1) is 15.2. The molecule has 0 aliphatic rings. The number of hydrogen-bond acceptors (Lipinski definition) is 3. The summed E-state index contributed by atoms with van der Waals surface area (Å²) in [5, 5.41) is 0. The number of carbonyl (C=O) groups excluding carboxylic acids is 1. The number of rotatable bonds is 15. The highest BCUT2D eigenvalue weighted by Gasteiger charge is 2.16. The van der Waals surface area contributed by atoms with Gasteiger partial charge in [-0.05, 0) is 30.9 Å². The second-order valence-corrected chi connectivity index (χ2v) is 8.33. The summed E-state index contributed by atoms with van der Waals surface area (Å²) in [6.07, 6.45) is 14.1. The van der Waals surface area contributed by atoms with Crippen molar-refractivity contribution in [3.05, 3.63) is 54.6 Å². The smallest absolute Gasteiger partial charge is 0.431 e. The summed E-state index contributed by atoms with van der Waals surface area (Å²) in [6, 6.07) is 17.5. The van der Waals surface area contributed by atoms with E-state index in [9.17, 15) is 4.79 Å². The van der Waals surface area contributed by atoms with Crippen molar-refractivity contribution in [1.82, 2.24) is 0 Å². The van der Waals surface area contributed by atoms with Crippen molar-refractivity contribution in [2.75, 3.05) is 0 Å². The van der Waals surface area contributed by atoms with Gasteiger partial charge in [-0.2, -0.15) is 0 Å². The number of unbranched alkanes of at least 4 members (excludes halogenated alkanes) is 9. The van der Waals surface area contributed by atoms with Crippen LogP contribution in [0.5, 0.6) is 5.75 Å². The Labute approximate surface area is 189 Å². The third kappa shape index (κ3) is 10.0. The second-order valence-electron chi connectivity index (χ2n) is 8.33. The maximum absolute atomic E-state index is 12.4. The second kappa shape index (κ2) is 15.5. The number of benzene rings is 2. The van der Waals surface area contributed by atoms with Crippen LogP contribution in [-0.2, 0) is 4.74 Å². The van der Waals surface area contributed by atoms with Crippen molar-refractivity contribution < 1.29 is 14.3 Å². The van der Waals surface area contributed by atoms with Gasteiger partial charge in [-0.1, -0.05) is 120 Å². The maximum Gasteiger partial charge on any atom is 0.514 e. The number of hydrogen-bond donors (Lipinski definition) is 0. The van der Waals surface area contributed by atoms with Crippen molar-refractivity contribution in [2.24, 2.45) is 0 Å². The molecule has 0 saturated heterocycles. The molecule has 0 fully saturated rings. The zero-order chi connectivity index (χ0) is 22.2. The lowest BCUT2D eigenvalue weighted by molar-refractivity contribution is 0.0518. The zero-order valence-electron chi connectivity index (χ0n) is 19.5. The van der Waals surface area contributed by atoms with Gasteiger partial charge < -0.3 is 9.47 Å². The highest BCUT2D eigenvalue weighted by Crippen LogP contribution is 2.30. The number of para-hydroxylation sites is 1. The summed E-state index contributed by atoms with van der Waals surface area (Å²) in [5.74, 6) is 0.535. The Morgan fingerprint density at radius 3 is 1.97 bits per heavy atom. The van der Waals surface area contributed by atoms with Crippen molar-refractivity contribution >= 4 is 6.16 Å². The average molecular weight is 425 g/mol. The van der Waals surface area contributed by atoms with Gasteiger partial charge in [-0.3, -0.25) is 0 Å². The molecule has 1 atom stereocenters. The molecule has 0 aliphatic carbocycles. The molecule has 0 radical (unpaired) electrons. The van der Waals surface area contributed by atoms with E-state index in [0.29, 0.717) is 5.75 Å². The largest absolute Gasteiger partial charge is 0.514 e. The molecule has 31 heavy (non-hydrogen) atoms. The molecule has 1 unspecified atom stereocenters. The van der Waals surface area contributed by atoms with Crippen molar-refractivity contribution in [1.29, 1.82) is 0 Å². The van der Waals surface area contributed by atoms with Crippen molar-refractivity contribution in [3.63, 3.8) is 0 Å². The minimum Gasteiger partial charge on any atom is -0.431 e. The normalized spacial score (nSPS) is 11.8. The first kappa shape index (κ1) is 25.0. The van der Waals surface area contributed by atoms with E-state index >= 15 is 0 Å². The van der Waals surface area contributed by atoms with E-state index in [0.717, 1.165) is 30.4 Å². The fraction of sp³-hybridized carbons (Fsp3) is 0.536. The molecule has 0 aromatic heterocycles. The van der Waals surface area contributed by atoms with Crippen LogP contribution in [0.3, 0.4) is 0 Å². The Morgan fingerprint density at radius 1 is 0.742 bits per heavy atom. The monoisotopic (exact) mass is 424 g/mol. The highest BCUT2D eigenvalue weighted by molar-refractivity contribution is 5.74. The van der Waals surface area contributed by atoms with Crippen LogP contribution in [0.2, 0.25) is 0 Å². The molecule has 2 rings (SSSR count). The Bertz CT molecular complexity index is 726. The average Bonchev–Trinajstić information content (AvgIpc) is 2.80. The molecule has 0 aliphatic heterocycles. The van der Waals surface area contributed by atoms with Crippen LogP contribution in [0, 0.1) is 0 Å². The van der Waals surface area contributed by atoms with Crippen LogP contribution >= 0.6 is 0 Å². The van der Waals surface area contributed by atoms with Crippen molar-refractivity contribution in [2.45, 2.75) is 97.0 Å². The van der Waals surface area contributed by atoms with E-state index in [1.807, 2.05) is 54.6 Å². The van der Waals surface area contributed by atoms with Crippen LogP contribution in [0.25, 0.3) is 11.1 Å². The van der Waals surface area contributed by atoms with Crippen molar-refractivity contribution in [3.8, 4) is 16.9 Å². The fourth-order valence-electron chi connectivity index (χ4n) is 3.87. The van der Waals surface area contributed by atoms with Crippen LogP contribution < -0.4 is 4.74 Å². The molecule has 0 amide bonds. The van der Waals surface area contributed by atoms with Gasteiger partial charge in [0.1, 0.15) is 11.9 Å². The summed E-state index contributed by atoms with van der Waals surface area (Å²) >= 11 is 0. The maximum atomic E-state index is 12.4. The fourth-order valence-corrected chi connectivity index (χ4v) is 3.87. The molecule has 0 bridgehead atoms. The third-order valence-corrected chi connectivity index (χ3v) is 5.76. The van der Waals surface area contributed by atoms with E-state index in [1.165, 1.54) is 57.8 Å². The Morgan fingerprint density at radius 2 is 1.32 bits per heavy atom. The van der Waals surface area contributed by atoms with E-state index in [1.54, 1.807) is 0 Å². The highest BCUT2D eigenvalue weighted by atomic mass is 16.7. The summed E-state index contributed by atoms with van der Waals surface area (Å²) in [7, 11) is 0. The lowest BCUT2D eigenvalue weighted by atomic mass is 10.0.